The fourth-order valence-corrected chi connectivity index (χ4v) is 2.31. The average molecular weight is 377 g/mol. The van der Waals surface area contributed by atoms with Crippen LogP contribution in [0.2, 0.25) is 0 Å². The Morgan fingerprint density at radius 3 is 2.53 bits per heavy atom. The molecule has 104 valence electrons. The third kappa shape index (κ3) is 4.34. The van der Waals surface area contributed by atoms with Crippen LogP contribution >= 0.6 is 22.6 Å². The van der Waals surface area contributed by atoms with E-state index < -0.39 is 4.92 Å². The molecule has 1 N–H and O–H groups in total. The number of anilines is 1. The van der Waals surface area contributed by atoms with Crippen molar-refractivity contribution in [2.75, 3.05) is 25.0 Å². The van der Waals surface area contributed by atoms with Crippen LogP contribution in [-0.4, -0.2) is 35.4 Å². The summed E-state index contributed by atoms with van der Waals surface area (Å²) in [6.45, 7) is 5.40. The largest absolute Gasteiger partial charge is 0.375 e. The lowest BCUT2D eigenvalue weighted by molar-refractivity contribution is -0.384. The SMILES string of the molecule is CCN(CC)C(=O)CNc1ccc([N+](=O)[O-])cc1I. The summed E-state index contributed by atoms with van der Waals surface area (Å²) in [5, 5.41) is 13.6. The van der Waals surface area contributed by atoms with Crippen LogP contribution in [0, 0.1) is 13.7 Å². The molecule has 1 aromatic carbocycles. The molecule has 0 radical (unpaired) electrons. The van der Waals surface area contributed by atoms with Gasteiger partial charge in [-0.2, -0.15) is 0 Å². The van der Waals surface area contributed by atoms with Gasteiger partial charge < -0.3 is 10.2 Å². The summed E-state index contributed by atoms with van der Waals surface area (Å²) in [6.07, 6.45) is 0. The topological polar surface area (TPSA) is 75.5 Å². The van der Waals surface area contributed by atoms with Crippen molar-refractivity contribution >= 4 is 39.9 Å². The van der Waals surface area contributed by atoms with E-state index in [2.05, 4.69) is 5.32 Å². The van der Waals surface area contributed by atoms with Gasteiger partial charge in [0.15, 0.2) is 0 Å². The van der Waals surface area contributed by atoms with Crippen molar-refractivity contribution in [1.82, 2.24) is 4.90 Å². The Labute approximate surface area is 125 Å². The molecular weight excluding hydrogens is 361 g/mol. The first-order chi connectivity index (χ1) is 8.99. The number of rotatable bonds is 6. The highest BCUT2D eigenvalue weighted by molar-refractivity contribution is 14.1. The minimum absolute atomic E-state index is 0.0131. The highest BCUT2D eigenvalue weighted by Gasteiger charge is 2.12. The van der Waals surface area contributed by atoms with E-state index in [0.717, 1.165) is 9.26 Å². The van der Waals surface area contributed by atoms with Crippen molar-refractivity contribution in [3.8, 4) is 0 Å². The molecule has 0 aliphatic rings. The molecule has 0 fully saturated rings. The van der Waals surface area contributed by atoms with Crippen molar-refractivity contribution < 1.29 is 9.72 Å². The fraction of sp³-hybridized carbons (Fsp3) is 0.417. The van der Waals surface area contributed by atoms with Crippen LogP contribution in [-0.2, 0) is 4.79 Å². The quantitative estimate of drug-likeness (QED) is 0.470. The van der Waals surface area contributed by atoms with Crippen molar-refractivity contribution in [1.29, 1.82) is 0 Å². The summed E-state index contributed by atoms with van der Waals surface area (Å²) < 4.78 is 0.721. The molecule has 0 spiro atoms. The van der Waals surface area contributed by atoms with Crippen molar-refractivity contribution in [2.45, 2.75) is 13.8 Å². The minimum atomic E-state index is -0.438. The van der Waals surface area contributed by atoms with Gasteiger partial charge in [0.25, 0.3) is 5.69 Å². The first-order valence-electron chi connectivity index (χ1n) is 5.95. The van der Waals surface area contributed by atoms with Gasteiger partial charge in [0.2, 0.25) is 5.91 Å². The lowest BCUT2D eigenvalue weighted by atomic mass is 10.3. The molecular formula is C12H16IN3O3. The van der Waals surface area contributed by atoms with Gasteiger partial charge in [-0.05, 0) is 42.5 Å². The maximum atomic E-state index is 11.8. The summed E-state index contributed by atoms with van der Waals surface area (Å²) in [6, 6.07) is 4.52. The Kier molecular flexibility index (Phi) is 6.00. The van der Waals surface area contributed by atoms with Crippen LogP contribution in [0.1, 0.15) is 13.8 Å². The zero-order valence-corrected chi connectivity index (χ0v) is 13.0. The van der Waals surface area contributed by atoms with E-state index in [-0.39, 0.29) is 18.1 Å². The van der Waals surface area contributed by atoms with E-state index >= 15 is 0 Å². The molecule has 1 amide bonds. The molecule has 0 saturated heterocycles. The number of likely N-dealkylation sites (N-methyl/N-ethyl adjacent to an activating group) is 1. The van der Waals surface area contributed by atoms with Gasteiger partial charge in [-0.15, -0.1) is 0 Å². The normalized spacial score (nSPS) is 10.1. The zero-order valence-electron chi connectivity index (χ0n) is 10.9. The third-order valence-corrected chi connectivity index (χ3v) is 3.60. The second kappa shape index (κ2) is 7.27. The van der Waals surface area contributed by atoms with Gasteiger partial charge in [0.1, 0.15) is 0 Å². The van der Waals surface area contributed by atoms with Gasteiger partial charge in [-0.3, -0.25) is 14.9 Å². The number of amides is 1. The maximum Gasteiger partial charge on any atom is 0.270 e. The van der Waals surface area contributed by atoms with E-state index in [0.29, 0.717) is 13.1 Å². The number of halogens is 1. The van der Waals surface area contributed by atoms with Gasteiger partial charge in [0, 0.05) is 34.5 Å². The molecule has 7 heteroatoms. The lowest BCUT2D eigenvalue weighted by Gasteiger charge is -2.19. The first-order valence-corrected chi connectivity index (χ1v) is 7.03. The van der Waals surface area contributed by atoms with Gasteiger partial charge in [-0.1, -0.05) is 0 Å². The van der Waals surface area contributed by atoms with Gasteiger partial charge in [-0.25, -0.2) is 0 Å². The standard InChI is InChI=1S/C12H16IN3O3/c1-3-15(4-2)12(17)8-14-11-6-5-9(16(18)19)7-10(11)13/h5-7,14H,3-4,8H2,1-2H3. The van der Waals surface area contributed by atoms with E-state index in [1.54, 1.807) is 11.0 Å². The Morgan fingerprint density at radius 2 is 2.05 bits per heavy atom. The summed E-state index contributed by atoms with van der Waals surface area (Å²) >= 11 is 2.01. The van der Waals surface area contributed by atoms with E-state index in [4.69, 9.17) is 0 Å². The molecule has 1 rings (SSSR count). The zero-order chi connectivity index (χ0) is 14.4. The first kappa shape index (κ1) is 15.7. The van der Waals surface area contributed by atoms with Crippen LogP contribution < -0.4 is 5.32 Å². The predicted molar refractivity (Wildman–Crippen MR) is 82.2 cm³/mol. The van der Waals surface area contributed by atoms with E-state index in [1.165, 1.54) is 12.1 Å². The summed E-state index contributed by atoms with van der Waals surface area (Å²) in [7, 11) is 0. The number of nitro benzene ring substituents is 1. The Bertz CT molecular complexity index is 475. The van der Waals surface area contributed by atoms with E-state index in [9.17, 15) is 14.9 Å². The number of non-ortho nitro benzene ring substituents is 1. The number of nitrogens with zero attached hydrogens (tertiary/aromatic N) is 2. The van der Waals surface area contributed by atoms with Crippen molar-refractivity contribution in [3.05, 3.63) is 31.9 Å². The van der Waals surface area contributed by atoms with Crippen LogP contribution in [0.3, 0.4) is 0 Å². The summed E-state index contributed by atoms with van der Waals surface area (Å²) in [5.41, 5.74) is 0.775. The number of benzene rings is 1. The third-order valence-electron chi connectivity index (χ3n) is 2.71. The molecule has 0 unspecified atom stereocenters. The number of hydrogen-bond acceptors (Lipinski definition) is 4. The minimum Gasteiger partial charge on any atom is -0.375 e. The molecule has 0 aliphatic heterocycles. The van der Waals surface area contributed by atoms with Gasteiger partial charge >= 0.3 is 0 Å². The summed E-state index contributed by atoms with van der Waals surface area (Å²) in [4.78, 5) is 23.7. The molecule has 6 nitrogen and oxygen atoms in total. The molecule has 1 aromatic rings. The number of hydrogen-bond donors (Lipinski definition) is 1. The average Bonchev–Trinajstić information content (AvgIpc) is 2.38. The summed E-state index contributed by atoms with van der Waals surface area (Å²) in [5.74, 6) is 0.0131. The number of nitrogens with one attached hydrogen (secondary N) is 1. The van der Waals surface area contributed by atoms with Crippen LogP contribution in [0.5, 0.6) is 0 Å². The number of carbonyl (C=O) groups is 1. The second-order valence-corrected chi connectivity index (χ2v) is 5.00. The molecule has 0 bridgehead atoms. The molecule has 0 aliphatic carbocycles. The highest BCUT2D eigenvalue weighted by atomic mass is 127. The van der Waals surface area contributed by atoms with Crippen LogP contribution in [0.4, 0.5) is 11.4 Å². The van der Waals surface area contributed by atoms with E-state index in [1.807, 2.05) is 36.4 Å². The predicted octanol–water partition coefficient (Wildman–Crippen LogP) is 2.48. The second-order valence-electron chi connectivity index (χ2n) is 3.84. The molecule has 0 aromatic heterocycles. The van der Waals surface area contributed by atoms with Crippen LogP contribution in [0.15, 0.2) is 18.2 Å². The molecule has 19 heavy (non-hydrogen) atoms. The highest BCUT2D eigenvalue weighted by Crippen LogP contribution is 2.23. The number of nitro groups is 1. The van der Waals surface area contributed by atoms with Crippen LogP contribution in [0.25, 0.3) is 0 Å². The molecule has 0 heterocycles. The molecule has 0 atom stereocenters. The number of carbonyl (C=O) groups excluding carboxylic acids is 1. The van der Waals surface area contributed by atoms with Crippen molar-refractivity contribution in [2.24, 2.45) is 0 Å². The monoisotopic (exact) mass is 377 g/mol. The molecule has 0 saturated carbocycles. The Morgan fingerprint density at radius 1 is 1.42 bits per heavy atom. The smallest absolute Gasteiger partial charge is 0.270 e. The fourth-order valence-electron chi connectivity index (χ4n) is 1.62. The lowest BCUT2D eigenvalue weighted by Crippen LogP contribution is -2.35. The van der Waals surface area contributed by atoms with Gasteiger partial charge in [0.05, 0.1) is 11.5 Å². The Hall–Kier alpha value is -1.38. The van der Waals surface area contributed by atoms with Crippen molar-refractivity contribution in [3.63, 3.8) is 0 Å². The maximum absolute atomic E-state index is 11.8. The Balaban J connectivity index is 2.68.